The first-order valence-electron chi connectivity index (χ1n) is 7.77. The third-order valence-corrected chi connectivity index (χ3v) is 4.01. The van der Waals surface area contributed by atoms with Crippen molar-refractivity contribution in [2.24, 2.45) is 0 Å². The van der Waals surface area contributed by atoms with E-state index in [0.29, 0.717) is 5.56 Å². The minimum atomic E-state index is 0.588. The molecular weight excluding hydrogens is 312 g/mol. The van der Waals surface area contributed by atoms with Crippen LogP contribution in [0.5, 0.6) is 0 Å². The Kier molecular flexibility index (Phi) is 3.60. The van der Waals surface area contributed by atoms with E-state index in [1.54, 1.807) is 30.7 Å². The maximum absolute atomic E-state index is 9.07. The van der Waals surface area contributed by atoms with E-state index in [1.165, 1.54) is 0 Å². The van der Waals surface area contributed by atoms with Crippen LogP contribution in [-0.4, -0.2) is 26.4 Å². The van der Waals surface area contributed by atoms with Gasteiger partial charge in [0, 0.05) is 36.8 Å². The van der Waals surface area contributed by atoms with E-state index in [0.717, 1.165) is 34.0 Å². The zero-order valence-electron chi connectivity index (χ0n) is 13.5. The highest BCUT2D eigenvalue weighted by Gasteiger charge is 2.13. The Morgan fingerprint density at radius 2 is 1.88 bits per heavy atom. The Hall–Kier alpha value is -3.72. The number of benzene rings is 1. The third-order valence-electron chi connectivity index (χ3n) is 4.01. The molecule has 25 heavy (non-hydrogen) atoms. The lowest BCUT2D eigenvalue weighted by Crippen LogP contribution is -1.95. The molecule has 0 bridgehead atoms. The molecule has 0 spiro atoms. The zero-order chi connectivity index (χ0) is 17.2. The number of pyridine rings is 1. The van der Waals surface area contributed by atoms with Crippen molar-refractivity contribution in [3.63, 3.8) is 0 Å². The number of hydrogen-bond donors (Lipinski definition) is 1. The SMILES string of the molecule is CNc1c(-c2ccc(-c3cnccn3)cc2)nc2cc(C#N)ccn12. The highest BCUT2D eigenvalue weighted by atomic mass is 15.1. The van der Waals surface area contributed by atoms with Crippen LogP contribution in [0.1, 0.15) is 5.56 Å². The van der Waals surface area contributed by atoms with Gasteiger partial charge in [0.2, 0.25) is 0 Å². The largest absolute Gasteiger partial charge is 0.372 e. The van der Waals surface area contributed by atoms with E-state index in [9.17, 15) is 0 Å². The van der Waals surface area contributed by atoms with E-state index in [-0.39, 0.29) is 0 Å². The molecule has 0 saturated carbocycles. The van der Waals surface area contributed by atoms with E-state index in [2.05, 4.69) is 26.3 Å². The summed E-state index contributed by atoms with van der Waals surface area (Å²) in [6, 6.07) is 13.7. The van der Waals surface area contributed by atoms with Crippen molar-refractivity contribution in [2.45, 2.75) is 0 Å². The monoisotopic (exact) mass is 326 g/mol. The predicted molar refractivity (Wildman–Crippen MR) is 95.9 cm³/mol. The molecule has 0 aliphatic carbocycles. The van der Waals surface area contributed by atoms with Crippen LogP contribution in [0.2, 0.25) is 0 Å². The second kappa shape index (κ2) is 6.06. The van der Waals surface area contributed by atoms with Crippen molar-refractivity contribution >= 4 is 11.5 Å². The summed E-state index contributed by atoms with van der Waals surface area (Å²) in [4.78, 5) is 13.1. The lowest BCUT2D eigenvalue weighted by Gasteiger charge is -2.05. The molecule has 0 unspecified atom stereocenters. The summed E-state index contributed by atoms with van der Waals surface area (Å²) in [5, 5.41) is 12.3. The van der Waals surface area contributed by atoms with Crippen molar-refractivity contribution in [1.29, 1.82) is 5.26 Å². The standard InChI is InChI=1S/C19H14N6/c1-21-19-18(24-17-10-13(11-20)6-9-25(17)19)15-4-2-14(3-5-15)16-12-22-7-8-23-16/h2-10,12,21H,1H3. The van der Waals surface area contributed by atoms with Crippen LogP contribution < -0.4 is 5.32 Å². The average Bonchev–Trinajstić information content (AvgIpc) is 3.06. The van der Waals surface area contributed by atoms with E-state index >= 15 is 0 Å². The fourth-order valence-electron chi connectivity index (χ4n) is 2.80. The number of fused-ring (bicyclic) bond motifs is 1. The molecule has 0 amide bonds. The Morgan fingerprint density at radius 3 is 2.56 bits per heavy atom. The molecule has 4 aromatic rings. The van der Waals surface area contributed by atoms with E-state index in [4.69, 9.17) is 5.26 Å². The topological polar surface area (TPSA) is 78.9 Å². The normalized spacial score (nSPS) is 10.6. The van der Waals surface area contributed by atoms with E-state index in [1.807, 2.05) is 41.9 Å². The summed E-state index contributed by atoms with van der Waals surface area (Å²) in [5.41, 5.74) is 4.97. The number of anilines is 1. The molecular formula is C19H14N6. The summed E-state index contributed by atoms with van der Waals surface area (Å²) in [6.07, 6.45) is 6.92. The quantitative estimate of drug-likeness (QED) is 0.624. The average molecular weight is 326 g/mol. The highest BCUT2D eigenvalue weighted by molar-refractivity contribution is 5.78. The van der Waals surface area contributed by atoms with Gasteiger partial charge < -0.3 is 5.32 Å². The van der Waals surface area contributed by atoms with Crippen molar-refractivity contribution < 1.29 is 0 Å². The van der Waals surface area contributed by atoms with Gasteiger partial charge in [0.15, 0.2) is 0 Å². The first-order chi connectivity index (χ1) is 12.3. The number of aromatic nitrogens is 4. The van der Waals surface area contributed by atoms with Gasteiger partial charge in [0.1, 0.15) is 17.2 Å². The van der Waals surface area contributed by atoms with E-state index < -0.39 is 0 Å². The lowest BCUT2D eigenvalue weighted by atomic mass is 10.1. The van der Waals surface area contributed by atoms with Crippen LogP contribution in [-0.2, 0) is 0 Å². The van der Waals surface area contributed by atoms with Crippen LogP contribution in [0.3, 0.4) is 0 Å². The van der Waals surface area contributed by atoms with Gasteiger partial charge in [-0.25, -0.2) is 4.98 Å². The molecule has 3 aromatic heterocycles. The summed E-state index contributed by atoms with van der Waals surface area (Å²) in [6.45, 7) is 0. The maximum Gasteiger partial charge on any atom is 0.140 e. The van der Waals surface area contributed by atoms with Crippen LogP contribution in [0.15, 0.2) is 61.2 Å². The summed E-state index contributed by atoms with van der Waals surface area (Å²) in [7, 11) is 1.86. The lowest BCUT2D eigenvalue weighted by molar-refractivity contribution is 1.17. The molecule has 1 N–H and O–H groups in total. The summed E-state index contributed by atoms with van der Waals surface area (Å²) < 4.78 is 1.94. The number of hydrogen-bond acceptors (Lipinski definition) is 5. The molecule has 0 aliphatic rings. The Balaban J connectivity index is 1.80. The van der Waals surface area contributed by atoms with Crippen molar-refractivity contribution in [3.05, 3.63) is 66.7 Å². The molecule has 0 atom stereocenters. The van der Waals surface area contributed by atoms with Crippen molar-refractivity contribution in [3.8, 4) is 28.6 Å². The van der Waals surface area contributed by atoms with Crippen molar-refractivity contribution in [2.75, 3.05) is 12.4 Å². The number of nitriles is 1. The van der Waals surface area contributed by atoms with Gasteiger partial charge in [-0.2, -0.15) is 5.26 Å². The molecule has 4 rings (SSSR count). The molecule has 6 heteroatoms. The first kappa shape index (κ1) is 14.8. The molecule has 120 valence electrons. The third kappa shape index (κ3) is 2.58. The number of nitrogens with one attached hydrogen (secondary N) is 1. The van der Waals surface area contributed by atoms with Gasteiger partial charge in [-0.1, -0.05) is 24.3 Å². The van der Waals surface area contributed by atoms with Gasteiger partial charge in [-0.05, 0) is 12.1 Å². The minimum Gasteiger partial charge on any atom is -0.372 e. The first-order valence-corrected chi connectivity index (χ1v) is 7.77. The molecule has 3 heterocycles. The molecule has 0 radical (unpaired) electrons. The Morgan fingerprint density at radius 1 is 1.08 bits per heavy atom. The van der Waals surface area contributed by atoms with Crippen LogP contribution in [0.4, 0.5) is 5.82 Å². The summed E-state index contributed by atoms with van der Waals surface area (Å²) in [5.74, 6) is 0.881. The molecule has 0 fully saturated rings. The van der Waals surface area contributed by atoms with Gasteiger partial charge in [0.25, 0.3) is 0 Å². The molecule has 1 aromatic carbocycles. The molecule has 0 saturated heterocycles. The van der Waals surface area contributed by atoms with Gasteiger partial charge in [-0.15, -0.1) is 0 Å². The number of rotatable bonds is 3. The molecule has 6 nitrogen and oxygen atoms in total. The second-order valence-corrected chi connectivity index (χ2v) is 5.48. The Bertz CT molecular complexity index is 1070. The van der Waals surface area contributed by atoms with Gasteiger partial charge >= 0.3 is 0 Å². The highest BCUT2D eigenvalue weighted by Crippen LogP contribution is 2.30. The zero-order valence-corrected chi connectivity index (χ0v) is 13.5. The second-order valence-electron chi connectivity index (χ2n) is 5.48. The van der Waals surface area contributed by atoms with Crippen LogP contribution >= 0.6 is 0 Å². The van der Waals surface area contributed by atoms with Crippen LogP contribution in [0, 0.1) is 11.3 Å². The fraction of sp³-hybridized carbons (Fsp3) is 0.0526. The van der Waals surface area contributed by atoms with Crippen LogP contribution in [0.25, 0.3) is 28.2 Å². The molecule has 0 aliphatic heterocycles. The minimum absolute atomic E-state index is 0.588. The van der Waals surface area contributed by atoms with Gasteiger partial charge in [0.05, 0.1) is 23.5 Å². The van der Waals surface area contributed by atoms with Crippen molar-refractivity contribution in [1.82, 2.24) is 19.4 Å². The Labute approximate surface area is 144 Å². The summed E-state index contributed by atoms with van der Waals surface area (Å²) >= 11 is 0. The predicted octanol–water partition coefficient (Wildman–Crippen LogP) is 3.37. The van der Waals surface area contributed by atoms with Gasteiger partial charge in [-0.3, -0.25) is 14.4 Å². The number of nitrogens with zero attached hydrogens (tertiary/aromatic N) is 5. The fourth-order valence-corrected chi connectivity index (χ4v) is 2.80. The number of imidazole rings is 1. The maximum atomic E-state index is 9.07. The smallest absolute Gasteiger partial charge is 0.140 e.